The monoisotopic (exact) mass is 856 g/mol. The number of hydrogen-bond donors (Lipinski definition) is 0. The SMILES string of the molecule is CCCCCCCCCCCCCCCCC1(CCCCCCCCCCCCCCCC)c2ccsc2-c2sc(-c3cc(F)c(Br)c4nsnc34)cc21. The molecule has 0 fully saturated rings. The molecule has 0 unspecified atom stereocenters. The first-order valence-electron chi connectivity index (χ1n) is 22.4. The molecule has 0 spiro atoms. The second-order valence-electron chi connectivity index (χ2n) is 16.5. The van der Waals surface area contributed by atoms with Gasteiger partial charge in [-0.25, -0.2) is 4.39 Å². The average Bonchev–Trinajstić information content (AvgIpc) is 3.99. The van der Waals surface area contributed by atoms with Crippen molar-refractivity contribution in [1.82, 2.24) is 8.75 Å². The summed E-state index contributed by atoms with van der Waals surface area (Å²) < 4.78 is 24.7. The van der Waals surface area contributed by atoms with Crippen molar-refractivity contribution < 1.29 is 4.39 Å². The molecule has 54 heavy (non-hydrogen) atoms. The first kappa shape index (κ1) is 44.0. The number of fused-ring (bicyclic) bond motifs is 4. The normalized spacial score (nSPS) is 13.3. The maximum atomic E-state index is 15.2. The maximum absolute atomic E-state index is 15.2. The summed E-state index contributed by atoms with van der Waals surface area (Å²) in [5.41, 5.74) is 5.49. The first-order chi connectivity index (χ1) is 26.6. The molecular formula is C47H70BrFN2S3. The van der Waals surface area contributed by atoms with Gasteiger partial charge in [0.05, 0.1) is 16.2 Å². The summed E-state index contributed by atoms with van der Waals surface area (Å²) in [5, 5.41) is 2.32. The number of unbranched alkanes of at least 4 members (excludes halogenated alkanes) is 26. The van der Waals surface area contributed by atoms with Gasteiger partial charge in [0.1, 0.15) is 16.9 Å². The van der Waals surface area contributed by atoms with Crippen molar-refractivity contribution in [3.63, 3.8) is 0 Å². The smallest absolute Gasteiger partial charge is 0.140 e. The Bertz CT molecular complexity index is 1590. The number of hydrogen-bond acceptors (Lipinski definition) is 5. The first-order valence-corrected chi connectivity index (χ1v) is 25.7. The van der Waals surface area contributed by atoms with Crippen molar-refractivity contribution in [2.45, 2.75) is 212 Å². The van der Waals surface area contributed by atoms with Crippen LogP contribution in [0.1, 0.15) is 218 Å². The molecule has 0 saturated carbocycles. The van der Waals surface area contributed by atoms with Crippen LogP contribution in [0.15, 0.2) is 28.1 Å². The van der Waals surface area contributed by atoms with Gasteiger partial charge in [0.2, 0.25) is 0 Å². The molecule has 0 amide bonds. The van der Waals surface area contributed by atoms with Crippen molar-refractivity contribution in [2.24, 2.45) is 0 Å². The molecule has 2 nitrogen and oxygen atoms in total. The average molecular weight is 858 g/mol. The maximum Gasteiger partial charge on any atom is 0.140 e. The van der Waals surface area contributed by atoms with Gasteiger partial charge in [-0.1, -0.05) is 194 Å². The van der Waals surface area contributed by atoms with Crippen molar-refractivity contribution >= 4 is 61.4 Å². The molecule has 3 heterocycles. The van der Waals surface area contributed by atoms with Crippen LogP contribution in [0.3, 0.4) is 0 Å². The van der Waals surface area contributed by atoms with E-state index in [0.717, 1.165) is 16.0 Å². The zero-order valence-corrected chi connectivity index (χ0v) is 37.9. The molecule has 0 atom stereocenters. The third-order valence-electron chi connectivity index (χ3n) is 12.2. The van der Waals surface area contributed by atoms with Crippen molar-refractivity contribution in [1.29, 1.82) is 0 Å². The minimum atomic E-state index is -0.258. The highest BCUT2D eigenvalue weighted by molar-refractivity contribution is 9.10. The van der Waals surface area contributed by atoms with Crippen LogP contribution in [0.2, 0.25) is 0 Å². The fourth-order valence-corrected chi connectivity index (χ4v) is 12.6. The third-order valence-corrected chi connectivity index (χ3v) is 15.8. The Kier molecular flexibility index (Phi) is 20.0. The molecule has 4 aromatic rings. The number of halogens is 2. The number of nitrogens with zero attached hydrogens (tertiary/aromatic N) is 2. The van der Waals surface area contributed by atoms with E-state index in [1.165, 1.54) is 220 Å². The van der Waals surface area contributed by atoms with Gasteiger partial charge in [-0.3, -0.25) is 0 Å². The van der Waals surface area contributed by atoms with Gasteiger partial charge in [-0.2, -0.15) is 8.75 Å². The molecule has 0 radical (unpaired) electrons. The molecule has 0 aliphatic heterocycles. The van der Waals surface area contributed by atoms with Gasteiger partial charge in [-0.15, -0.1) is 22.7 Å². The van der Waals surface area contributed by atoms with E-state index in [-0.39, 0.29) is 11.2 Å². The summed E-state index contributed by atoms with van der Waals surface area (Å²) in [6.07, 6.45) is 41.4. The van der Waals surface area contributed by atoms with Crippen LogP contribution in [0.5, 0.6) is 0 Å². The summed E-state index contributed by atoms with van der Waals surface area (Å²) in [5.74, 6) is -0.258. The van der Waals surface area contributed by atoms with Crippen molar-refractivity contribution in [2.75, 3.05) is 0 Å². The Labute approximate surface area is 349 Å². The van der Waals surface area contributed by atoms with E-state index in [0.29, 0.717) is 9.99 Å². The molecule has 1 aliphatic rings. The van der Waals surface area contributed by atoms with Crippen LogP contribution in [-0.2, 0) is 5.41 Å². The Balaban J connectivity index is 1.15. The Morgan fingerprint density at radius 3 is 1.48 bits per heavy atom. The molecule has 3 aromatic heterocycles. The quantitative estimate of drug-likeness (QED) is 0.0471. The zero-order valence-electron chi connectivity index (χ0n) is 33.9. The second-order valence-corrected chi connectivity index (χ2v) is 19.8. The van der Waals surface area contributed by atoms with Gasteiger partial charge in [0.15, 0.2) is 0 Å². The van der Waals surface area contributed by atoms with Crippen LogP contribution in [-0.4, -0.2) is 8.75 Å². The molecule has 1 aromatic carbocycles. The van der Waals surface area contributed by atoms with Crippen LogP contribution < -0.4 is 0 Å². The predicted octanol–water partition coefficient (Wildman–Crippen LogP) is 18.4. The number of aromatic nitrogens is 2. The topological polar surface area (TPSA) is 25.8 Å². The summed E-state index contributed by atoms with van der Waals surface area (Å²) in [6, 6.07) is 6.55. The second kappa shape index (κ2) is 24.6. The number of rotatable bonds is 31. The fraction of sp³-hybridized carbons (Fsp3) is 0.702. The lowest BCUT2D eigenvalue weighted by Crippen LogP contribution is -2.24. The van der Waals surface area contributed by atoms with E-state index in [4.69, 9.17) is 0 Å². The lowest BCUT2D eigenvalue weighted by atomic mass is 9.71. The highest BCUT2D eigenvalue weighted by Crippen LogP contribution is 2.60. The molecule has 7 heteroatoms. The largest absolute Gasteiger partial charge is 0.206 e. The van der Waals surface area contributed by atoms with E-state index in [9.17, 15) is 0 Å². The van der Waals surface area contributed by atoms with Crippen LogP contribution in [0.4, 0.5) is 4.39 Å². The van der Waals surface area contributed by atoms with Gasteiger partial charge in [0, 0.05) is 25.6 Å². The fourth-order valence-electron chi connectivity index (χ4n) is 9.03. The molecule has 0 bridgehead atoms. The molecule has 300 valence electrons. The molecule has 5 rings (SSSR count). The van der Waals surface area contributed by atoms with Gasteiger partial charge >= 0.3 is 0 Å². The molecule has 0 saturated heterocycles. The molecule has 0 N–H and O–H groups in total. The minimum Gasteiger partial charge on any atom is -0.206 e. The number of benzene rings is 1. The lowest BCUT2D eigenvalue weighted by molar-refractivity contribution is 0.397. The van der Waals surface area contributed by atoms with E-state index in [2.05, 4.69) is 56.0 Å². The van der Waals surface area contributed by atoms with Gasteiger partial charge in [0.25, 0.3) is 0 Å². The Morgan fingerprint density at radius 2 is 1.00 bits per heavy atom. The van der Waals surface area contributed by atoms with E-state index in [1.54, 1.807) is 11.6 Å². The molecule has 1 aliphatic carbocycles. The Morgan fingerprint density at radius 1 is 0.556 bits per heavy atom. The third kappa shape index (κ3) is 12.4. The minimum absolute atomic E-state index is 0.0705. The van der Waals surface area contributed by atoms with Crippen LogP contribution >= 0.6 is 50.3 Å². The van der Waals surface area contributed by atoms with Gasteiger partial charge < -0.3 is 0 Å². The summed E-state index contributed by atoms with van der Waals surface area (Å²) >= 11 is 8.35. The van der Waals surface area contributed by atoms with E-state index >= 15 is 4.39 Å². The predicted molar refractivity (Wildman–Crippen MR) is 242 cm³/mol. The molecular weight excluding hydrogens is 788 g/mol. The van der Waals surface area contributed by atoms with E-state index in [1.807, 2.05) is 22.7 Å². The van der Waals surface area contributed by atoms with E-state index < -0.39 is 0 Å². The standard InChI is InChI=1S/C47H70BrFN2S3/c1-3-5-7-9-11-13-15-17-19-21-23-25-27-29-32-47(33-30-28-26-24-22-20-18-16-14-12-10-8-6-4-2)38-31-34-52-45(38)46-39(47)36-41(53-46)37-35-40(49)42(48)44-43(37)50-54-51-44/h31,34-36H,3-30,32-33H2,1-2H3. The van der Waals surface area contributed by atoms with Crippen molar-refractivity contribution in [3.05, 3.63) is 45.0 Å². The highest BCUT2D eigenvalue weighted by Gasteiger charge is 2.44. The summed E-state index contributed by atoms with van der Waals surface area (Å²) in [7, 11) is 0. The Hall–Kier alpha value is -1.15. The zero-order chi connectivity index (χ0) is 37.9. The highest BCUT2D eigenvalue weighted by atomic mass is 79.9. The van der Waals surface area contributed by atoms with Crippen molar-refractivity contribution in [3.8, 4) is 20.2 Å². The lowest BCUT2D eigenvalue weighted by Gasteiger charge is -2.31. The number of thiophene rings is 2. The van der Waals surface area contributed by atoms with Gasteiger partial charge in [-0.05, 0) is 63.5 Å². The van der Waals surface area contributed by atoms with Crippen LogP contribution in [0.25, 0.3) is 31.2 Å². The van der Waals surface area contributed by atoms with Crippen LogP contribution in [0, 0.1) is 5.82 Å². The summed E-state index contributed by atoms with van der Waals surface area (Å²) in [4.78, 5) is 4.02. The summed E-state index contributed by atoms with van der Waals surface area (Å²) in [6.45, 7) is 4.60.